The summed E-state index contributed by atoms with van der Waals surface area (Å²) in [5, 5.41) is 7.72. The minimum atomic E-state index is -0.0809. The third-order valence-corrected chi connectivity index (χ3v) is 3.89. The maximum Gasteiger partial charge on any atom is 0.243 e. The van der Waals surface area contributed by atoms with Gasteiger partial charge in [-0.2, -0.15) is 0 Å². The molecule has 0 fully saturated rings. The van der Waals surface area contributed by atoms with Gasteiger partial charge in [-0.15, -0.1) is 24.0 Å². The first-order chi connectivity index (χ1) is 11.2. The van der Waals surface area contributed by atoms with Gasteiger partial charge >= 0.3 is 0 Å². The highest BCUT2D eigenvalue weighted by atomic mass is 127. The van der Waals surface area contributed by atoms with Gasteiger partial charge in [-0.1, -0.05) is 43.1 Å². The van der Waals surface area contributed by atoms with Crippen LogP contribution in [0.25, 0.3) is 0 Å². The molecule has 0 heterocycles. The van der Waals surface area contributed by atoms with Gasteiger partial charge < -0.3 is 15.5 Å². The lowest BCUT2D eigenvalue weighted by atomic mass is 10.1. The third kappa shape index (κ3) is 8.96. The maximum absolute atomic E-state index is 11.8. The van der Waals surface area contributed by atoms with Crippen LogP contribution < -0.4 is 10.6 Å². The Morgan fingerprint density at radius 1 is 1.24 bits per heavy atom. The molecule has 25 heavy (non-hydrogen) atoms. The zero-order valence-corrected chi connectivity index (χ0v) is 19.1. The Labute approximate surface area is 177 Å². The van der Waals surface area contributed by atoms with Crippen molar-refractivity contribution in [1.29, 1.82) is 0 Å². The van der Waals surface area contributed by atoms with E-state index in [-0.39, 0.29) is 42.5 Å². The van der Waals surface area contributed by atoms with Crippen LogP contribution in [0.3, 0.4) is 0 Å². The highest BCUT2D eigenvalue weighted by Crippen LogP contribution is 2.25. The zero-order chi connectivity index (χ0) is 18.3. The summed E-state index contributed by atoms with van der Waals surface area (Å²) in [6, 6.07) is 5.31. The Bertz CT molecular complexity index is 594. The lowest BCUT2D eigenvalue weighted by Gasteiger charge is -2.20. The molecule has 1 amide bonds. The van der Waals surface area contributed by atoms with Crippen LogP contribution >= 0.6 is 47.2 Å². The Hall–Kier alpha value is -0.730. The highest BCUT2D eigenvalue weighted by Gasteiger charge is 2.13. The molecular weight excluding hydrogens is 474 g/mol. The van der Waals surface area contributed by atoms with Gasteiger partial charge in [0.05, 0.1) is 6.04 Å². The minimum absolute atomic E-state index is 0. The van der Waals surface area contributed by atoms with Crippen molar-refractivity contribution in [3.05, 3.63) is 33.8 Å². The van der Waals surface area contributed by atoms with E-state index in [1.807, 2.05) is 13.0 Å². The second-order valence-corrected chi connectivity index (χ2v) is 7.10. The van der Waals surface area contributed by atoms with Gasteiger partial charge in [0, 0.05) is 30.7 Å². The number of likely N-dealkylation sites (N-methyl/N-ethyl adjacent to an activating group) is 1. The van der Waals surface area contributed by atoms with E-state index >= 15 is 0 Å². The maximum atomic E-state index is 11.8. The van der Waals surface area contributed by atoms with Crippen LogP contribution in [-0.4, -0.2) is 44.0 Å². The third-order valence-electron chi connectivity index (χ3n) is 3.33. The number of carbonyl (C=O) groups is 1. The molecule has 0 aliphatic carbocycles. The van der Waals surface area contributed by atoms with Crippen LogP contribution in [0.1, 0.15) is 32.4 Å². The van der Waals surface area contributed by atoms with Crippen molar-refractivity contribution >= 4 is 59.0 Å². The molecule has 0 radical (unpaired) electrons. The summed E-state index contributed by atoms with van der Waals surface area (Å²) in [7, 11) is 3.42. The topological polar surface area (TPSA) is 56.7 Å². The van der Waals surface area contributed by atoms with E-state index in [1.165, 1.54) is 4.90 Å². The number of guanidine groups is 1. The van der Waals surface area contributed by atoms with Crippen molar-refractivity contribution in [3.8, 4) is 0 Å². The molecule has 1 aromatic carbocycles. The second kappa shape index (κ2) is 11.8. The standard InChI is InChI=1S/C17H26Cl2N4O.HI/c1-11(2)9-20-17(21-10-16(24)23(4)5)22-12(3)14-7-6-13(18)8-15(14)19;/h6-8,11-12H,9-10H2,1-5H3,(H2,20,21,22);1H. The number of nitrogens with one attached hydrogen (secondary N) is 2. The number of hydrogen-bond acceptors (Lipinski definition) is 2. The number of nitrogens with zero attached hydrogens (tertiary/aromatic N) is 2. The predicted molar refractivity (Wildman–Crippen MR) is 117 cm³/mol. The van der Waals surface area contributed by atoms with Gasteiger partial charge in [-0.3, -0.25) is 4.79 Å². The number of aliphatic imine (C=N–C) groups is 1. The highest BCUT2D eigenvalue weighted by molar-refractivity contribution is 14.0. The van der Waals surface area contributed by atoms with Crippen molar-refractivity contribution in [3.63, 3.8) is 0 Å². The number of amides is 1. The van der Waals surface area contributed by atoms with Crippen LogP contribution in [0.5, 0.6) is 0 Å². The molecule has 0 aromatic heterocycles. The van der Waals surface area contributed by atoms with Crippen molar-refractivity contribution in [1.82, 2.24) is 15.5 Å². The molecule has 0 bridgehead atoms. The second-order valence-electron chi connectivity index (χ2n) is 6.26. The molecule has 5 nitrogen and oxygen atoms in total. The summed E-state index contributed by atoms with van der Waals surface area (Å²) in [6.45, 7) is 7.03. The van der Waals surface area contributed by atoms with Crippen LogP contribution in [0.2, 0.25) is 10.0 Å². The molecule has 2 N–H and O–H groups in total. The molecule has 0 saturated heterocycles. The summed E-state index contributed by atoms with van der Waals surface area (Å²) < 4.78 is 0. The van der Waals surface area contributed by atoms with E-state index in [4.69, 9.17) is 23.2 Å². The van der Waals surface area contributed by atoms with Gasteiger partial charge in [0.2, 0.25) is 5.91 Å². The van der Waals surface area contributed by atoms with Crippen molar-refractivity contribution in [2.24, 2.45) is 10.9 Å². The SMILES string of the molecule is CC(C)CNC(=NCC(=O)N(C)C)NC(C)c1ccc(Cl)cc1Cl.I. The first kappa shape index (κ1) is 24.3. The van der Waals surface area contributed by atoms with E-state index in [2.05, 4.69) is 29.5 Å². The van der Waals surface area contributed by atoms with Crippen LogP contribution in [-0.2, 0) is 4.79 Å². The fraction of sp³-hybridized carbons (Fsp3) is 0.529. The number of benzene rings is 1. The lowest BCUT2D eigenvalue weighted by Crippen LogP contribution is -2.41. The lowest BCUT2D eigenvalue weighted by molar-refractivity contribution is -0.127. The Balaban J connectivity index is 0.00000576. The average molecular weight is 501 g/mol. The van der Waals surface area contributed by atoms with Crippen LogP contribution in [0.15, 0.2) is 23.2 Å². The molecular formula is C17H27Cl2IN4O. The molecule has 1 aromatic rings. The first-order valence-corrected chi connectivity index (χ1v) is 8.66. The molecule has 1 rings (SSSR count). The predicted octanol–water partition coefficient (Wildman–Crippen LogP) is 3.95. The van der Waals surface area contributed by atoms with Gasteiger partial charge in [0.25, 0.3) is 0 Å². The van der Waals surface area contributed by atoms with Gasteiger partial charge in [0.15, 0.2) is 5.96 Å². The molecule has 1 unspecified atom stereocenters. The van der Waals surface area contributed by atoms with E-state index in [0.29, 0.717) is 21.9 Å². The zero-order valence-electron chi connectivity index (χ0n) is 15.3. The summed E-state index contributed by atoms with van der Waals surface area (Å²) >= 11 is 12.2. The van der Waals surface area contributed by atoms with E-state index in [1.54, 1.807) is 26.2 Å². The fourth-order valence-corrected chi connectivity index (χ4v) is 2.45. The molecule has 1 atom stereocenters. The summed E-state index contributed by atoms with van der Waals surface area (Å²) in [5.74, 6) is 0.978. The number of rotatable bonds is 6. The number of carbonyl (C=O) groups excluding carboxylic acids is 1. The van der Waals surface area contributed by atoms with Gasteiger partial charge in [-0.25, -0.2) is 4.99 Å². The molecule has 0 aliphatic heterocycles. The Morgan fingerprint density at radius 2 is 1.88 bits per heavy atom. The Morgan fingerprint density at radius 3 is 2.40 bits per heavy atom. The van der Waals surface area contributed by atoms with E-state index < -0.39 is 0 Å². The van der Waals surface area contributed by atoms with Gasteiger partial charge in [0.1, 0.15) is 6.54 Å². The number of halogens is 3. The molecule has 8 heteroatoms. The summed E-state index contributed by atoms with van der Waals surface area (Å²) in [5.41, 5.74) is 0.916. The first-order valence-electron chi connectivity index (χ1n) is 7.90. The monoisotopic (exact) mass is 500 g/mol. The van der Waals surface area contributed by atoms with Crippen LogP contribution in [0.4, 0.5) is 0 Å². The van der Waals surface area contributed by atoms with E-state index in [9.17, 15) is 4.79 Å². The normalized spacial score (nSPS) is 12.4. The van der Waals surface area contributed by atoms with Gasteiger partial charge in [-0.05, 0) is 30.5 Å². The van der Waals surface area contributed by atoms with E-state index in [0.717, 1.165) is 12.1 Å². The van der Waals surface area contributed by atoms with Crippen molar-refractivity contribution in [2.45, 2.75) is 26.8 Å². The minimum Gasteiger partial charge on any atom is -0.356 e. The largest absolute Gasteiger partial charge is 0.356 e. The average Bonchev–Trinajstić information content (AvgIpc) is 2.49. The number of hydrogen-bond donors (Lipinski definition) is 2. The summed E-state index contributed by atoms with van der Waals surface area (Å²) in [4.78, 5) is 17.6. The molecule has 0 spiro atoms. The quantitative estimate of drug-likeness (QED) is 0.353. The molecule has 0 aliphatic rings. The smallest absolute Gasteiger partial charge is 0.243 e. The Kier molecular flexibility index (Phi) is 11.5. The molecule has 142 valence electrons. The van der Waals surface area contributed by atoms with Crippen molar-refractivity contribution < 1.29 is 4.79 Å². The van der Waals surface area contributed by atoms with Crippen LogP contribution in [0, 0.1) is 5.92 Å². The van der Waals surface area contributed by atoms with Crippen molar-refractivity contribution in [2.75, 3.05) is 27.2 Å². The fourth-order valence-electron chi connectivity index (χ4n) is 1.88. The molecule has 0 saturated carbocycles. The summed E-state index contributed by atoms with van der Waals surface area (Å²) in [6.07, 6.45) is 0.